The summed E-state index contributed by atoms with van der Waals surface area (Å²) in [6.45, 7) is 7.91. The highest BCUT2D eigenvalue weighted by atomic mass is 16.5. The van der Waals surface area contributed by atoms with E-state index in [4.69, 9.17) is 9.47 Å². The molecule has 0 bridgehead atoms. The monoisotopic (exact) mass is 341 g/mol. The molecule has 0 heterocycles. The molecule has 0 atom stereocenters. The fourth-order valence-corrected chi connectivity index (χ4v) is 2.44. The maximum atomic E-state index is 12.1. The molecule has 0 fully saturated rings. The predicted molar refractivity (Wildman–Crippen MR) is 101 cm³/mol. The molecule has 0 aliphatic rings. The lowest BCUT2D eigenvalue weighted by molar-refractivity contribution is 0.0947. The number of amides is 1. The van der Waals surface area contributed by atoms with Crippen molar-refractivity contribution in [3.05, 3.63) is 59.7 Å². The summed E-state index contributed by atoms with van der Waals surface area (Å²) >= 11 is 0. The van der Waals surface area contributed by atoms with Gasteiger partial charge in [-0.3, -0.25) is 4.79 Å². The van der Waals surface area contributed by atoms with Crippen molar-refractivity contribution in [3.8, 4) is 11.5 Å². The van der Waals surface area contributed by atoms with Crippen LogP contribution in [0.4, 0.5) is 0 Å². The molecule has 4 heteroatoms. The quantitative estimate of drug-likeness (QED) is 0.687. The van der Waals surface area contributed by atoms with Crippen LogP contribution in [-0.2, 0) is 0 Å². The van der Waals surface area contributed by atoms with Crippen LogP contribution in [0, 0.1) is 0 Å². The Labute approximate surface area is 150 Å². The van der Waals surface area contributed by atoms with Crippen LogP contribution in [-0.4, -0.2) is 25.7 Å². The second kappa shape index (κ2) is 9.72. The maximum Gasteiger partial charge on any atom is 0.251 e. The largest absolute Gasteiger partial charge is 0.494 e. The first-order valence-corrected chi connectivity index (χ1v) is 8.84. The molecule has 0 aliphatic carbocycles. The van der Waals surface area contributed by atoms with Crippen molar-refractivity contribution in [1.82, 2.24) is 5.32 Å². The van der Waals surface area contributed by atoms with E-state index in [-0.39, 0.29) is 5.91 Å². The van der Waals surface area contributed by atoms with Gasteiger partial charge in [0.1, 0.15) is 18.1 Å². The molecule has 0 saturated carbocycles. The molecule has 2 rings (SSSR count). The van der Waals surface area contributed by atoms with Gasteiger partial charge in [0.2, 0.25) is 0 Å². The Morgan fingerprint density at radius 3 is 2.40 bits per heavy atom. The van der Waals surface area contributed by atoms with Crippen molar-refractivity contribution in [2.75, 3.05) is 19.8 Å². The topological polar surface area (TPSA) is 47.6 Å². The number of benzene rings is 2. The van der Waals surface area contributed by atoms with Crippen LogP contribution in [0.25, 0.3) is 0 Å². The molecule has 2 aromatic rings. The molecule has 0 spiro atoms. The first-order valence-electron chi connectivity index (χ1n) is 8.84. The Morgan fingerprint density at radius 1 is 1.00 bits per heavy atom. The van der Waals surface area contributed by atoms with E-state index in [0.29, 0.717) is 31.2 Å². The first kappa shape index (κ1) is 18.8. The van der Waals surface area contributed by atoms with Crippen molar-refractivity contribution >= 4 is 5.91 Å². The highest BCUT2D eigenvalue weighted by molar-refractivity contribution is 5.94. The number of hydrogen-bond donors (Lipinski definition) is 1. The van der Waals surface area contributed by atoms with Crippen LogP contribution < -0.4 is 14.8 Å². The molecule has 1 amide bonds. The summed E-state index contributed by atoms with van der Waals surface area (Å²) in [7, 11) is 0. The lowest BCUT2D eigenvalue weighted by Crippen LogP contribution is -2.28. The van der Waals surface area contributed by atoms with E-state index < -0.39 is 0 Å². The SMILES string of the molecule is CCCOc1ccc(C(=O)NCCOc2ccccc2C(C)C)cc1. The summed E-state index contributed by atoms with van der Waals surface area (Å²) in [6.07, 6.45) is 0.960. The standard InChI is InChI=1S/C21H27NO3/c1-4-14-24-18-11-9-17(10-12-18)21(23)22-13-15-25-20-8-6-5-7-19(20)16(2)3/h5-12,16H,4,13-15H2,1-3H3,(H,22,23). The second-order valence-electron chi connectivity index (χ2n) is 6.17. The highest BCUT2D eigenvalue weighted by Crippen LogP contribution is 2.25. The van der Waals surface area contributed by atoms with Gasteiger partial charge in [0.05, 0.1) is 13.2 Å². The minimum absolute atomic E-state index is 0.109. The van der Waals surface area contributed by atoms with Crippen LogP contribution in [0.15, 0.2) is 48.5 Å². The van der Waals surface area contributed by atoms with Gasteiger partial charge in [-0.15, -0.1) is 0 Å². The third-order valence-corrected chi connectivity index (χ3v) is 3.78. The van der Waals surface area contributed by atoms with Crippen molar-refractivity contribution in [3.63, 3.8) is 0 Å². The minimum Gasteiger partial charge on any atom is -0.494 e. The lowest BCUT2D eigenvalue weighted by atomic mass is 10.0. The number of para-hydroxylation sites is 1. The van der Waals surface area contributed by atoms with Gasteiger partial charge in [-0.25, -0.2) is 0 Å². The van der Waals surface area contributed by atoms with E-state index in [1.807, 2.05) is 30.3 Å². The number of ether oxygens (including phenoxy) is 2. The summed E-state index contributed by atoms with van der Waals surface area (Å²) in [6, 6.07) is 15.2. The second-order valence-corrected chi connectivity index (χ2v) is 6.17. The molecule has 25 heavy (non-hydrogen) atoms. The van der Waals surface area contributed by atoms with E-state index in [2.05, 4.69) is 32.2 Å². The average Bonchev–Trinajstić information content (AvgIpc) is 2.64. The minimum atomic E-state index is -0.109. The van der Waals surface area contributed by atoms with E-state index in [1.54, 1.807) is 12.1 Å². The first-order chi connectivity index (χ1) is 12.1. The van der Waals surface area contributed by atoms with E-state index in [0.717, 1.165) is 17.9 Å². The molecule has 0 aliphatic heterocycles. The van der Waals surface area contributed by atoms with Gasteiger partial charge < -0.3 is 14.8 Å². The Bertz CT molecular complexity index is 665. The van der Waals surface area contributed by atoms with Gasteiger partial charge in [-0.2, -0.15) is 0 Å². The van der Waals surface area contributed by atoms with E-state index in [9.17, 15) is 4.79 Å². The Kier molecular flexibility index (Phi) is 7.33. The summed E-state index contributed by atoms with van der Waals surface area (Å²) < 4.78 is 11.3. The predicted octanol–water partition coefficient (Wildman–Crippen LogP) is 4.41. The van der Waals surface area contributed by atoms with Crippen molar-refractivity contribution < 1.29 is 14.3 Å². The number of hydrogen-bond acceptors (Lipinski definition) is 3. The van der Waals surface area contributed by atoms with Gasteiger partial charge in [0.15, 0.2) is 0 Å². The molecular weight excluding hydrogens is 314 g/mol. The van der Waals surface area contributed by atoms with E-state index >= 15 is 0 Å². The zero-order chi connectivity index (χ0) is 18.1. The van der Waals surface area contributed by atoms with Gasteiger partial charge in [0, 0.05) is 5.56 Å². The normalized spacial score (nSPS) is 10.6. The van der Waals surface area contributed by atoms with Crippen molar-refractivity contribution in [1.29, 1.82) is 0 Å². The number of rotatable bonds is 9. The molecule has 0 radical (unpaired) electrons. The van der Waals surface area contributed by atoms with Crippen LogP contribution in [0.2, 0.25) is 0 Å². The summed E-state index contributed by atoms with van der Waals surface area (Å²) in [5, 5.41) is 2.88. The Balaban J connectivity index is 1.79. The molecule has 0 saturated heterocycles. The zero-order valence-corrected chi connectivity index (χ0v) is 15.2. The average molecular weight is 341 g/mol. The van der Waals surface area contributed by atoms with Crippen LogP contribution in [0.3, 0.4) is 0 Å². The molecule has 1 N–H and O–H groups in total. The summed E-state index contributed by atoms with van der Waals surface area (Å²) in [5.74, 6) is 1.96. The van der Waals surface area contributed by atoms with Gasteiger partial charge in [-0.1, -0.05) is 39.0 Å². The molecule has 2 aromatic carbocycles. The maximum absolute atomic E-state index is 12.1. The molecular formula is C21H27NO3. The fourth-order valence-electron chi connectivity index (χ4n) is 2.44. The zero-order valence-electron chi connectivity index (χ0n) is 15.2. The third kappa shape index (κ3) is 5.82. The third-order valence-electron chi connectivity index (χ3n) is 3.78. The Morgan fingerprint density at radius 2 is 1.72 bits per heavy atom. The fraction of sp³-hybridized carbons (Fsp3) is 0.381. The summed E-state index contributed by atoms with van der Waals surface area (Å²) in [5.41, 5.74) is 1.79. The van der Waals surface area contributed by atoms with Crippen molar-refractivity contribution in [2.24, 2.45) is 0 Å². The number of nitrogens with one attached hydrogen (secondary N) is 1. The van der Waals surface area contributed by atoms with E-state index in [1.165, 1.54) is 5.56 Å². The van der Waals surface area contributed by atoms with Gasteiger partial charge >= 0.3 is 0 Å². The Hall–Kier alpha value is -2.49. The number of carbonyl (C=O) groups excluding carboxylic acids is 1. The molecule has 134 valence electrons. The number of carbonyl (C=O) groups is 1. The summed E-state index contributed by atoms with van der Waals surface area (Å²) in [4.78, 5) is 12.1. The highest BCUT2D eigenvalue weighted by Gasteiger charge is 2.08. The van der Waals surface area contributed by atoms with Crippen LogP contribution in [0.1, 0.15) is 49.0 Å². The van der Waals surface area contributed by atoms with Gasteiger partial charge in [0.25, 0.3) is 5.91 Å². The van der Waals surface area contributed by atoms with Crippen LogP contribution in [0.5, 0.6) is 11.5 Å². The van der Waals surface area contributed by atoms with Gasteiger partial charge in [-0.05, 0) is 48.2 Å². The van der Waals surface area contributed by atoms with Crippen molar-refractivity contribution in [2.45, 2.75) is 33.1 Å². The lowest BCUT2D eigenvalue weighted by Gasteiger charge is -2.14. The molecule has 0 aromatic heterocycles. The van der Waals surface area contributed by atoms with Crippen LogP contribution >= 0.6 is 0 Å². The molecule has 0 unspecified atom stereocenters. The molecule has 4 nitrogen and oxygen atoms in total. The smallest absolute Gasteiger partial charge is 0.251 e.